The van der Waals surface area contributed by atoms with Gasteiger partial charge in [0.2, 0.25) is 0 Å². The molecule has 0 aliphatic carbocycles. The number of amides is 1. The second-order valence-corrected chi connectivity index (χ2v) is 5.36. The van der Waals surface area contributed by atoms with Gasteiger partial charge < -0.3 is 10.6 Å². The van der Waals surface area contributed by atoms with E-state index in [4.69, 9.17) is 0 Å². The summed E-state index contributed by atoms with van der Waals surface area (Å²) in [5.74, 6) is -2.07. The molecule has 0 unspecified atom stereocenters. The summed E-state index contributed by atoms with van der Waals surface area (Å²) in [7, 11) is 0. The summed E-state index contributed by atoms with van der Waals surface area (Å²) in [5, 5.41) is 5.26. The van der Waals surface area contributed by atoms with E-state index in [1.165, 1.54) is 11.3 Å². The number of nitrogens with one attached hydrogen (secondary N) is 2. The van der Waals surface area contributed by atoms with Crippen molar-refractivity contribution in [1.29, 1.82) is 0 Å². The third-order valence-electron chi connectivity index (χ3n) is 2.76. The van der Waals surface area contributed by atoms with Gasteiger partial charge in [0.15, 0.2) is 0 Å². The number of hydrogen-bond acceptors (Lipinski definition) is 4. The predicted octanol–water partition coefficient (Wildman–Crippen LogP) is 3.17. The Morgan fingerprint density at radius 3 is 2.62 bits per heavy atom. The molecule has 21 heavy (non-hydrogen) atoms. The number of benzene rings is 1. The first-order chi connectivity index (χ1) is 10.1. The number of rotatable bonds is 6. The largest absolute Gasteiger partial charge is 0.380 e. The average Bonchev–Trinajstić information content (AvgIpc) is 2.97. The van der Waals surface area contributed by atoms with Crippen molar-refractivity contribution in [2.75, 3.05) is 11.9 Å². The number of anilines is 1. The van der Waals surface area contributed by atoms with Crippen molar-refractivity contribution in [3.05, 3.63) is 45.9 Å². The molecule has 0 aliphatic heterocycles. The zero-order chi connectivity index (χ0) is 15.2. The lowest BCUT2D eigenvalue weighted by Crippen LogP contribution is -2.23. The molecule has 1 aromatic carbocycles. The van der Waals surface area contributed by atoms with Gasteiger partial charge in [0.05, 0.1) is 12.1 Å². The van der Waals surface area contributed by atoms with Gasteiger partial charge in [-0.1, -0.05) is 6.92 Å². The van der Waals surface area contributed by atoms with E-state index in [1.807, 2.05) is 6.92 Å². The molecular formula is C14H15F2N3OS. The Balaban J connectivity index is 2.07. The molecule has 0 aliphatic rings. The van der Waals surface area contributed by atoms with Crippen LogP contribution in [0.3, 0.4) is 0 Å². The van der Waals surface area contributed by atoms with Crippen molar-refractivity contribution >= 4 is 22.9 Å². The summed E-state index contributed by atoms with van der Waals surface area (Å²) in [6, 6.07) is 2.06. The molecule has 0 bridgehead atoms. The van der Waals surface area contributed by atoms with Gasteiger partial charge in [-0.2, -0.15) is 0 Å². The fraction of sp³-hybridized carbons (Fsp3) is 0.286. The lowest BCUT2D eigenvalue weighted by Gasteiger charge is -2.10. The Labute approximate surface area is 125 Å². The topological polar surface area (TPSA) is 54.0 Å². The van der Waals surface area contributed by atoms with E-state index in [2.05, 4.69) is 15.6 Å². The number of nitrogens with zero attached hydrogens (tertiary/aromatic N) is 1. The molecule has 0 atom stereocenters. The molecule has 2 rings (SSSR count). The number of hydrogen-bond donors (Lipinski definition) is 2. The highest BCUT2D eigenvalue weighted by Gasteiger charge is 2.15. The van der Waals surface area contributed by atoms with Gasteiger partial charge in [-0.15, -0.1) is 11.3 Å². The molecule has 0 radical (unpaired) electrons. The maximum Gasteiger partial charge on any atom is 0.251 e. The highest BCUT2D eigenvalue weighted by atomic mass is 32.1. The third-order valence-corrected chi connectivity index (χ3v) is 3.54. The van der Waals surface area contributed by atoms with Crippen molar-refractivity contribution in [3.63, 3.8) is 0 Å². The summed E-state index contributed by atoms with van der Waals surface area (Å²) in [6.45, 7) is 2.64. The lowest BCUT2D eigenvalue weighted by atomic mass is 10.1. The number of aromatic nitrogens is 1. The fourth-order valence-corrected chi connectivity index (χ4v) is 2.26. The number of carbonyl (C=O) groups is 1. The van der Waals surface area contributed by atoms with Gasteiger partial charge in [0.25, 0.3) is 5.91 Å². The summed E-state index contributed by atoms with van der Waals surface area (Å²) in [4.78, 5) is 16.6. The summed E-state index contributed by atoms with van der Waals surface area (Å²) >= 11 is 1.39. The fourth-order valence-electron chi connectivity index (χ4n) is 1.72. The van der Waals surface area contributed by atoms with Crippen LogP contribution in [0.1, 0.15) is 28.6 Å². The van der Waals surface area contributed by atoms with Crippen molar-refractivity contribution in [3.8, 4) is 0 Å². The van der Waals surface area contributed by atoms with Crippen LogP contribution >= 0.6 is 11.3 Å². The Kier molecular flexibility index (Phi) is 5.21. The van der Waals surface area contributed by atoms with Crippen LogP contribution in [-0.2, 0) is 6.54 Å². The van der Waals surface area contributed by atoms with E-state index in [0.717, 1.165) is 23.4 Å². The second-order valence-electron chi connectivity index (χ2n) is 4.39. The third kappa shape index (κ3) is 3.98. The second kappa shape index (κ2) is 7.12. The van der Waals surface area contributed by atoms with Crippen molar-refractivity contribution in [2.24, 2.45) is 0 Å². The van der Waals surface area contributed by atoms with Gasteiger partial charge in [0, 0.05) is 23.2 Å². The van der Waals surface area contributed by atoms with Crippen LogP contribution in [0, 0.1) is 11.6 Å². The van der Waals surface area contributed by atoms with Crippen LogP contribution in [0.4, 0.5) is 14.5 Å². The van der Waals surface area contributed by atoms with E-state index in [-0.39, 0.29) is 17.8 Å². The molecule has 0 saturated heterocycles. The summed E-state index contributed by atoms with van der Waals surface area (Å²) in [6.07, 6.45) is 2.37. The van der Waals surface area contributed by atoms with Crippen molar-refractivity contribution in [2.45, 2.75) is 19.9 Å². The van der Waals surface area contributed by atoms with Crippen molar-refractivity contribution < 1.29 is 13.6 Å². The first-order valence-corrected chi connectivity index (χ1v) is 7.38. The molecule has 1 heterocycles. The molecule has 7 heteroatoms. The first kappa shape index (κ1) is 15.4. The van der Waals surface area contributed by atoms with E-state index >= 15 is 0 Å². The van der Waals surface area contributed by atoms with Gasteiger partial charge in [0.1, 0.15) is 17.3 Å². The summed E-state index contributed by atoms with van der Waals surface area (Å²) < 4.78 is 27.6. The zero-order valence-corrected chi connectivity index (χ0v) is 12.3. The highest BCUT2D eigenvalue weighted by molar-refractivity contribution is 7.09. The number of halogens is 2. The molecule has 0 spiro atoms. The lowest BCUT2D eigenvalue weighted by molar-refractivity contribution is 0.0950. The van der Waals surface area contributed by atoms with Crippen LogP contribution < -0.4 is 10.6 Å². The van der Waals surface area contributed by atoms with Crippen LogP contribution in [0.25, 0.3) is 0 Å². The van der Waals surface area contributed by atoms with Gasteiger partial charge in [-0.3, -0.25) is 9.78 Å². The Hall–Kier alpha value is -2.02. The van der Waals surface area contributed by atoms with Crippen molar-refractivity contribution in [1.82, 2.24) is 10.3 Å². The minimum atomic E-state index is -0.772. The minimum absolute atomic E-state index is 0.0448. The van der Waals surface area contributed by atoms with Crippen LogP contribution in [0.5, 0.6) is 0 Å². The van der Waals surface area contributed by atoms with Gasteiger partial charge in [-0.25, -0.2) is 8.78 Å². The van der Waals surface area contributed by atoms with Gasteiger partial charge >= 0.3 is 0 Å². The Bertz CT molecular complexity index is 594. The molecule has 0 saturated carbocycles. The summed E-state index contributed by atoms with van der Waals surface area (Å²) in [5.41, 5.74) is 1.40. The number of carbonyl (C=O) groups excluding carboxylic acids is 1. The highest BCUT2D eigenvalue weighted by Crippen LogP contribution is 2.21. The molecule has 1 aromatic heterocycles. The SMILES string of the molecule is CCCNc1c(F)cc(C(=O)NCc2cncs2)cc1F. The maximum absolute atomic E-state index is 13.8. The average molecular weight is 311 g/mol. The van der Waals surface area contributed by atoms with E-state index < -0.39 is 17.5 Å². The minimum Gasteiger partial charge on any atom is -0.380 e. The zero-order valence-electron chi connectivity index (χ0n) is 11.5. The molecule has 2 aromatic rings. The smallest absolute Gasteiger partial charge is 0.251 e. The molecule has 2 N–H and O–H groups in total. The van der Waals surface area contributed by atoms with Crippen LogP contribution in [-0.4, -0.2) is 17.4 Å². The molecule has 4 nitrogen and oxygen atoms in total. The predicted molar refractivity (Wildman–Crippen MR) is 78.4 cm³/mol. The van der Waals surface area contributed by atoms with E-state index in [1.54, 1.807) is 11.7 Å². The monoisotopic (exact) mass is 311 g/mol. The Morgan fingerprint density at radius 2 is 2.05 bits per heavy atom. The number of thiazole rings is 1. The van der Waals surface area contributed by atoms with E-state index in [0.29, 0.717) is 6.54 Å². The molecule has 0 fully saturated rings. The quantitative estimate of drug-likeness (QED) is 0.861. The Morgan fingerprint density at radius 1 is 1.33 bits per heavy atom. The molecular weight excluding hydrogens is 296 g/mol. The van der Waals surface area contributed by atoms with E-state index in [9.17, 15) is 13.6 Å². The maximum atomic E-state index is 13.8. The standard InChI is InChI=1S/C14H15F2N3OS/c1-2-3-18-13-11(15)4-9(5-12(13)16)14(20)19-7-10-6-17-8-21-10/h4-6,8,18H,2-3,7H2,1H3,(H,19,20). The van der Waals surface area contributed by atoms with Gasteiger partial charge in [-0.05, 0) is 18.6 Å². The van der Waals surface area contributed by atoms with Crippen LogP contribution in [0.2, 0.25) is 0 Å². The normalized spacial score (nSPS) is 10.4. The first-order valence-electron chi connectivity index (χ1n) is 6.50. The molecule has 1 amide bonds. The van der Waals surface area contributed by atoms with Crippen LogP contribution in [0.15, 0.2) is 23.8 Å². The molecule has 112 valence electrons.